The predicted octanol–water partition coefficient (Wildman–Crippen LogP) is -2.21. The van der Waals surface area contributed by atoms with Crippen molar-refractivity contribution in [2.24, 2.45) is 0 Å². The van der Waals surface area contributed by atoms with E-state index in [1.165, 1.54) is 0 Å². The summed E-state index contributed by atoms with van der Waals surface area (Å²) in [6, 6.07) is 0. The molecule has 2 rings (SSSR count). The van der Waals surface area contributed by atoms with Crippen molar-refractivity contribution in [1.29, 1.82) is 0 Å². The zero-order valence-corrected chi connectivity index (χ0v) is 12.0. The van der Waals surface area contributed by atoms with Crippen LogP contribution in [-0.2, 0) is 20.4 Å². The second-order valence-electron chi connectivity index (χ2n) is 4.70. The van der Waals surface area contributed by atoms with Crippen molar-refractivity contribution in [2.45, 2.75) is 31.5 Å². The Labute approximate surface area is 123 Å². The Hall–Kier alpha value is -1.33. The van der Waals surface area contributed by atoms with Crippen molar-refractivity contribution in [3.8, 4) is 0 Å². The van der Waals surface area contributed by atoms with Gasteiger partial charge in [0.05, 0.1) is 24.9 Å². The highest BCUT2D eigenvalue weighted by molar-refractivity contribution is 7.46. The number of phosphoric acid groups is 1. The average molecular weight is 338 g/mol. The molecule has 1 saturated heterocycles. The van der Waals surface area contributed by atoms with E-state index in [4.69, 9.17) is 19.6 Å². The van der Waals surface area contributed by atoms with Crippen LogP contribution in [0.1, 0.15) is 18.2 Å². The van der Waals surface area contributed by atoms with Crippen molar-refractivity contribution in [1.82, 2.24) is 9.55 Å². The van der Waals surface area contributed by atoms with Crippen LogP contribution in [-0.4, -0.2) is 48.4 Å². The lowest BCUT2D eigenvalue weighted by atomic mass is 10.2. The zero-order valence-electron chi connectivity index (χ0n) is 11.2. The Morgan fingerprint density at radius 3 is 2.73 bits per heavy atom. The molecular formula is C10H15N2O9P. The Bertz CT molecular complexity index is 692. The van der Waals surface area contributed by atoms with E-state index in [-0.39, 0.29) is 12.0 Å². The molecule has 0 aliphatic carbocycles. The van der Waals surface area contributed by atoms with Gasteiger partial charge in [-0.05, 0) is 0 Å². The number of phosphoric ester groups is 1. The number of aromatic amines is 1. The monoisotopic (exact) mass is 338 g/mol. The Morgan fingerprint density at radius 2 is 2.14 bits per heavy atom. The van der Waals surface area contributed by atoms with Gasteiger partial charge < -0.3 is 24.7 Å². The van der Waals surface area contributed by atoms with Crippen molar-refractivity contribution < 1.29 is 33.8 Å². The van der Waals surface area contributed by atoms with Crippen LogP contribution in [0.5, 0.6) is 0 Å². The summed E-state index contributed by atoms with van der Waals surface area (Å²) in [4.78, 5) is 42.3. The minimum absolute atomic E-state index is 0.0496. The number of rotatable bonds is 5. The highest BCUT2D eigenvalue weighted by Gasteiger charge is 2.37. The third-order valence-corrected chi connectivity index (χ3v) is 3.62. The van der Waals surface area contributed by atoms with Crippen LogP contribution in [0.25, 0.3) is 0 Å². The van der Waals surface area contributed by atoms with Gasteiger partial charge in [-0.15, -0.1) is 0 Å². The van der Waals surface area contributed by atoms with Crippen LogP contribution in [0.15, 0.2) is 15.8 Å². The number of aliphatic hydroxyl groups excluding tert-OH is 2. The number of nitrogens with one attached hydrogen (secondary N) is 1. The molecule has 0 amide bonds. The molecule has 0 spiro atoms. The largest absolute Gasteiger partial charge is 0.469 e. The predicted molar refractivity (Wildman–Crippen MR) is 69.8 cm³/mol. The average Bonchev–Trinajstić information content (AvgIpc) is 2.77. The van der Waals surface area contributed by atoms with Crippen molar-refractivity contribution >= 4 is 7.82 Å². The third kappa shape index (κ3) is 3.90. The number of ether oxygens (including phenoxy) is 1. The van der Waals surface area contributed by atoms with Gasteiger partial charge in [-0.25, -0.2) is 9.36 Å². The first kappa shape index (κ1) is 17.0. The highest BCUT2D eigenvalue weighted by atomic mass is 31.2. The SMILES string of the molecule is O=c1[nH]c(=O)n([C@H]2C[C@H](O)[C@@H](COP(=O)(O)O)O2)cc1CO. The molecule has 12 heteroatoms. The molecule has 0 unspecified atom stereocenters. The molecule has 124 valence electrons. The van der Waals surface area contributed by atoms with E-state index >= 15 is 0 Å². The third-order valence-electron chi connectivity index (χ3n) is 3.13. The Kier molecular flexibility index (Phi) is 4.97. The molecule has 3 atom stereocenters. The molecule has 1 aliphatic heterocycles. The van der Waals surface area contributed by atoms with Crippen LogP contribution < -0.4 is 11.2 Å². The fourth-order valence-electron chi connectivity index (χ4n) is 2.06. The topological polar surface area (TPSA) is 171 Å². The Morgan fingerprint density at radius 1 is 1.45 bits per heavy atom. The molecule has 1 aromatic rings. The summed E-state index contributed by atoms with van der Waals surface area (Å²) in [6.07, 6.45) is -2.08. The molecule has 5 N–H and O–H groups in total. The summed E-state index contributed by atoms with van der Waals surface area (Å²) in [5.41, 5.74) is -1.59. The maximum atomic E-state index is 11.7. The van der Waals surface area contributed by atoms with E-state index in [2.05, 4.69) is 4.52 Å². The van der Waals surface area contributed by atoms with Gasteiger partial charge in [0, 0.05) is 12.6 Å². The van der Waals surface area contributed by atoms with Crippen LogP contribution in [0.4, 0.5) is 0 Å². The molecule has 11 nitrogen and oxygen atoms in total. The molecule has 22 heavy (non-hydrogen) atoms. The van der Waals surface area contributed by atoms with Gasteiger partial charge in [-0.3, -0.25) is 18.9 Å². The fraction of sp³-hybridized carbons (Fsp3) is 0.600. The lowest BCUT2D eigenvalue weighted by Crippen LogP contribution is -2.34. The lowest BCUT2D eigenvalue weighted by molar-refractivity contribution is -0.0452. The van der Waals surface area contributed by atoms with E-state index in [1.807, 2.05) is 4.98 Å². The summed E-state index contributed by atoms with van der Waals surface area (Å²) in [5, 5.41) is 18.8. The van der Waals surface area contributed by atoms with Crippen molar-refractivity contribution in [3.63, 3.8) is 0 Å². The standard InChI is InChI=1S/C10H15N2O9P/c13-3-5-2-12(10(16)11-9(5)15)8-1-6(14)7(21-8)4-20-22(17,18)19/h2,6-8,13-14H,1,3-4H2,(H,11,15,16)(H2,17,18,19)/t6-,7+,8+/m0/s1. The van der Waals surface area contributed by atoms with Crippen molar-refractivity contribution in [3.05, 3.63) is 32.6 Å². The molecule has 0 bridgehead atoms. The number of H-pyrrole nitrogens is 1. The zero-order chi connectivity index (χ0) is 16.5. The van der Waals surface area contributed by atoms with Gasteiger partial charge >= 0.3 is 13.5 Å². The number of hydrogen-bond acceptors (Lipinski definition) is 7. The van der Waals surface area contributed by atoms with E-state index in [0.717, 1.165) is 10.8 Å². The number of aromatic nitrogens is 2. The van der Waals surface area contributed by atoms with Gasteiger partial charge in [0.2, 0.25) is 0 Å². The number of hydrogen-bond donors (Lipinski definition) is 5. The van der Waals surface area contributed by atoms with E-state index in [9.17, 15) is 19.3 Å². The minimum atomic E-state index is -4.71. The molecule has 0 saturated carbocycles. The molecular weight excluding hydrogens is 323 g/mol. The molecule has 0 radical (unpaired) electrons. The van der Waals surface area contributed by atoms with E-state index < -0.39 is 50.7 Å². The minimum Gasteiger partial charge on any atom is -0.391 e. The van der Waals surface area contributed by atoms with E-state index in [1.54, 1.807) is 0 Å². The number of nitrogens with zero attached hydrogens (tertiary/aromatic N) is 1. The first-order valence-corrected chi connectivity index (χ1v) is 7.73. The first-order chi connectivity index (χ1) is 10.2. The fourth-order valence-corrected chi connectivity index (χ4v) is 2.40. The van der Waals surface area contributed by atoms with Gasteiger partial charge in [-0.2, -0.15) is 0 Å². The molecule has 1 aromatic heterocycles. The smallest absolute Gasteiger partial charge is 0.391 e. The maximum absolute atomic E-state index is 11.7. The molecule has 1 aliphatic rings. The second kappa shape index (κ2) is 6.42. The van der Waals surface area contributed by atoms with Crippen LogP contribution in [0.3, 0.4) is 0 Å². The van der Waals surface area contributed by atoms with Crippen molar-refractivity contribution in [2.75, 3.05) is 6.61 Å². The van der Waals surface area contributed by atoms with Gasteiger partial charge in [0.1, 0.15) is 12.3 Å². The van der Waals surface area contributed by atoms with E-state index in [0.29, 0.717) is 0 Å². The summed E-state index contributed by atoms with van der Waals surface area (Å²) in [6.45, 7) is -1.15. The number of aliphatic hydroxyl groups is 2. The lowest BCUT2D eigenvalue weighted by Gasteiger charge is -2.16. The quantitative estimate of drug-likeness (QED) is 0.373. The first-order valence-electron chi connectivity index (χ1n) is 6.20. The van der Waals surface area contributed by atoms with Gasteiger partial charge in [0.25, 0.3) is 5.56 Å². The molecule has 1 fully saturated rings. The van der Waals surface area contributed by atoms with Gasteiger partial charge in [0.15, 0.2) is 0 Å². The summed E-state index contributed by atoms with van der Waals surface area (Å²) in [5.74, 6) is 0. The highest BCUT2D eigenvalue weighted by Crippen LogP contribution is 2.38. The van der Waals surface area contributed by atoms with Gasteiger partial charge in [-0.1, -0.05) is 0 Å². The van der Waals surface area contributed by atoms with Crippen LogP contribution in [0, 0.1) is 0 Å². The normalized spacial score (nSPS) is 25.5. The summed E-state index contributed by atoms with van der Waals surface area (Å²) < 4.78 is 21.2. The Balaban J connectivity index is 2.17. The summed E-state index contributed by atoms with van der Waals surface area (Å²) in [7, 11) is -4.71. The van der Waals surface area contributed by atoms with Crippen LogP contribution >= 0.6 is 7.82 Å². The summed E-state index contributed by atoms with van der Waals surface area (Å²) >= 11 is 0. The second-order valence-corrected chi connectivity index (χ2v) is 5.94. The molecule has 2 heterocycles. The maximum Gasteiger partial charge on any atom is 0.469 e. The molecule has 0 aromatic carbocycles. The van der Waals surface area contributed by atoms with Crippen LogP contribution in [0.2, 0.25) is 0 Å².